The number of hydrogen-bond donors (Lipinski definition) is 4. The third-order valence-electron chi connectivity index (χ3n) is 4.49. The van der Waals surface area contributed by atoms with Crippen molar-refractivity contribution in [2.75, 3.05) is 6.54 Å². The molecule has 0 saturated heterocycles. The highest BCUT2D eigenvalue weighted by Crippen LogP contribution is 2.38. The van der Waals surface area contributed by atoms with Crippen LogP contribution in [0, 0.1) is 0 Å². The van der Waals surface area contributed by atoms with E-state index < -0.39 is 18.0 Å². The standard InChI is InChI=1S/C23H19Br2NO6/c24-17-8-13(10-21(29)30)9-18(25)22(17)32-15-6-7-19(27)16(11-15)23(31)26-12-20(28)14-4-2-1-3-5-14/h1-9,11,20,27-28H,10,12H2,(H,26,31)(H,29,30)/t20-/m0/s1. The quantitative estimate of drug-likeness (QED) is 0.312. The summed E-state index contributed by atoms with van der Waals surface area (Å²) >= 11 is 6.73. The Balaban J connectivity index is 1.74. The van der Waals surface area contributed by atoms with E-state index in [2.05, 4.69) is 37.2 Å². The fourth-order valence-electron chi connectivity index (χ4n) is 2.94. The lowest BCUT2D eigenvalue weighted by molar-refractivity contribution is -0.136. The SMILES string of the molecule is O=C(O)Cc1cc(Br)c(Oc2ccc(O)c(C(=O)NC[C@H](O)c3ccccc3)c2)c(Br)c1. The first kappa shape index (κ1) is 23.8. The van der Waals surface area contributed by atoms with E-state index in [9.17, 15) is 19.8 Å². The van der Waals surface area contributed by atoms with Crippen molar-refractivity contribution in [2.45, 2.75) is 12.5 Å². The predicted molar refractivity (Wildman–Crippen MR) is 125 cm³/mol. The van der Waals surface area contributed by atoms with Crippen molar-refractivity contribution in [1.29, 1.82) is 0 Å². The summed E-state index contributed by atoms with van der Waals surface area (Å²) in [6.07, 6.45) is -1.03. The molecule has 3 rings (SSSR count). The molecule has 0 saturated carbocycles. The first-order valence-electron chi connectivity index (χ1n) is 9.46. The Morgan fingerprint density at radius 3 is 2.28 bits per heavy atom. The topological polar surface area (TPSA) is 116 Å². The van der Waals surface area contributed by atoms with Gasteiger partial charge in [0.25, 0.3) is 5.91 Å². The second-order valence-corrected chi connectivity index (χ2v) is 8.59. The van der Waals surface area contributed by atoms with E-state index in [1.54, 1.807) is 36.4 Å². The smallest absolute Gasteiger partial charge is 0.307 e. The van der Waals surface area contributed by atoms with Crippen LogP contribution in [-0.4, -0.2) is 33.7 Å². The van der Waals surface area contributed by atoms with Crippen LogP contribution in [0.1, 0.15) is 27.6 Å². The maximum absolute atomic E-state index is 12.6. The van der Waals surface area contributed by atoms with Crippen molar-refractivity contribution in [3.8, 4) is 17.2 Å². The van der Waals surface area contributed by atoms with E-state index in [1.807, 2.05) is 6.07 Å². The number of aromatic hydroxyl groups is 1. The van der Waals surface area contributed by atoms with Crippen molar-refractivity contribution >= 4 is 43.7 Å². The van der Waals surface area contributed by atoms with Crippen LogP contribution in [0.2, 0.25) is 0 Å². The van der Waals surface area contributed by atoms with Crippen molar-refractivity contribution in [1.82, 2.24) is 5.32 Å². The summed E-state index contributed by atoms with van der Waals surface area (Å²) in [7, 11) is 0. The minimum atomic E-state index is -0.955. The minimum absolute atomic E-state index is 0.0162. The number of nitrogens with one attached hydrogen (secondary N) is 1. The number of halogens is 2. The number of aliphatic carboxylic acids is 1. The van der Waals surface area contributed by atoms with Gasteiger partial charge in [-0.3, -0.25) is 9.59 Å². The molecule has 0 unspecified atom stereocenters. The van der Waals surface area contributed by atoms with Gasteiger partial charge in [0.1, 0.15) is 11.5 Å². The molecule has 0 aliphatic heterocycles. The number of rotatable bonds is 8. The third kappa shape index (κ3) is 6.09. The van der Waals surface area contributed by atoms with Crippen molar-refractivity contribution < 1.29 is 29.6 Å². The summed E-state index contributed by atoms with van der Waals surface area (Å²) in [4.78, 5) is 23.5. The molecule has 0 aromatic heterocycles. The van der Waals surface area contributed by atoms with Crippen LogP contribution in [0.15, 0.2) is 69.6 Å². The van der Waals surface area contributed by atoms with E-state index in [0.717, 1.165) is 0 Å². The van der Waals surface area contributed by atoms with Crippen molar-refractivity contribution in [3.63, 3.8) is 0 Å². The number of hydrogen-bond acceptors (Lipinski definition) is 5. The molecule has 7 nitrogen and oxygen atoms in total. The first-order chi connectivity index (χ1) is 15.2. The van der Waals surface area contributed by atoms with Crippen LogP contribution >= 0.6 is 31.9 Å². The second kappa shape index (κ2) is 10.6. The van der Waals surface area contributed by atoms with E-state index in [4.69, 9.17) is 9.84 Å². The highest BCUT2D eigenvalue weighted by atomic mass is 79.9. The lowest BCUT2D eigenvalue weighted by atomic mass is 10.1. The molecule has 0 fully saturated rings. The number of aliphatic hydroxyl groups excluding tert-OH is 1. The van der Waals surface area contributed by atoms with Gasteiger partial charge in [0.15, 0.2) is 5.75 Å². The van der Waals surface area contributed by atoms with Crippen LogP contribution in [0.5, 0.6) is 17.2 Å². The van der Waals surface area contributed by atoms with Gasteiger partial charge in [-0.05, 0) is 73.3 Å². The Bertz CT molecular complexity index is 1110. The number of phenolic OH excluding ortho intramolecular Hbond substituents is 1. The summed E-state index contributed by atoms with van der Waals surface area (Å²) in [5, 5.41) is 31.9. The Hall–Kier alpha value is -2.88. The maximum atomic E-state index is 12.6. The van der Waals surface area contributed by atoms with Crippen LogP contribution in [-0.2, 0) is 11.2 Å². The Kier molecular flexibility index (Phi) is 7.89. The van der Waals surface area contributed by atoms with Gasteiger partial charge in [0.05, 0.1) is 27.0 Å². The van der Waals surface area contributed by atoms with E-state index in [1.165, 1.54) is 18.2 Å². The zero-order chi connectivity index (χ0) is 23.3. The van der Waals surface area contributed by atoms with E-state index in [-0.39, 0.29) is 30.0 Å². The lowest BCUT2D eigenvalue weighted by Crippen LogP contribution is -2.28. The number of carbonyl (C=O) groups is 2. The van der Waals surface area contributed by atoms with Gasteiger partial charge in [-0.1, -0.05) is 30.3 Å². The molecule has 0 heterocycles. The number of ether oxygens (including phenoxy) is 1. The molecule has 0 aliphatic rings. The minimum Gasteiger partial charge on any atom is -0.507 e. The molecular weight excluding hydrogens is 546 g/mol. The Labute approximate surface area is 200 Å². The van der Waals surface area contributed by atoms with Gasteiger partial charge in [-0.15, -0.1) is 0 Å². The number of carboxylic acid groups (broad SMARTS) is 1. The van der Waals surface area contributed by atoms with Gasteiger partial charge < -0.3 is 25.4 Å². The second-order valence-electron chi connectivity index (χ2n) is 6.88. The molecule has 1 amide bonds. The number of phenols is 1. The van der Waals surface area contributed by atoms with Gasteiger partial charge in [0, 0.05) is 6.54 Å². The predicted octanol–water partition coefficient (Wildman–Crippen LogP) is 4.80. The number of aliphatic hydroxyl groups is 1. The zero-order valence-corrected chi connectivity index (χ0v) is 19.8. The van der Waals surface area contributed by atoms with Crippen LogP contribution in [0.4, 0.5) is 0 Å². The number of amides is 1. The normalized spacial score (nSPS) is 11.6. The molecule has 32 heavy (non-hydrogen) atoms. The zero-order valence-electron chi connectivity index (χ0n) is 16.6. The Morgan fingerprint density at radius 2 is 1.66 bits per heavy atom. The molecule has 4 N–H and O–H groups in total. The van der Waals surface area contributed by atoms with Gasteiger partial charge in [0.2, 0.25) is 0 Å². The number of benzene rings is 3. The van der Waals surface area contributed by atoms with Crippen molar-refractivity contribution in [2.24, 2.45) is 0 Å². The van der Waals surface area contributed by atoms with Crippen LogP contribution < -0.4 is 10.1 Å². The van der Waals surface area contributed by atoms with Gasteiger partial charge >= 0.3 is 5.97 Å². The molecule has 1 atom stereocenters. The summed E-state index contributed by atoms with van der Waals surface area (Å²) < 4.78 is 6.90. The fraction of sp³-hybridized carbons (Fsp3) is 0.130. The summed E-state index contributed by atoms with van der Waals surface area (Å²) in [6, 6.07) is 16.4. The molecule has 166 valence electrons. The lowest BCUT2D eigenvalue weighted by Gasteiger charge is -2.15. The summed E-state index contributed by atoms with van der Waals surface area (Å²) in [5.74, 6) is -1.10. The summed E-state index contributed by atoms with van der Waals surface area (Å²) in [6.45, 7) is -0.0322. The van der Waals surface area contributed by atoms with Crippen molar-refractivity contribution in [3.05, 3.63) is 86.3 Å². The van der Waals surface area contributed by atoms with Gasteiger partial charge in [-0.2, -0.15) is 0 Å². The number of carboxylic acids is 1. The number of carbonyl (C=O) groups excluding carboxylic acids is 1. The first-order valence-corrected chi connectivity index (χ1v) is 11.0. The molecule has 3 aromatic rings. The van der Waals surface area contributed by atoms with E-state index in [0.29, 0.717) is 25.8 Å². The van der Waals surface area contributed by atoms with E-state index >= 15 is 0 Å². The highest BCUT2D eigenvalue weighted by Gasteiger charge is 2.17. The molecule has 3 aromatic carbocycles. The monoisotopic (exact) mass is 563 g/mol. The Morgan fingerprint density at radius 1 is 1.00 bits per heavy atom. The average Bonchev–Trinajstić information content (AvgIpc) is 2.75. The molecule has 0 radical (unpaired) electrons. The largest absolute Gasteiger partial charge is 0.507 e. The highest BCUT2D eigenvalue weighted by molar-refractivity contribution is 9.11. The molecule has 0 bridgehead atoms. The molecule has 0 spiro atoms. The molecule has 0 aliphatic carbocycles. The summed E-state index contributed by atoms with van der Waals surface area (Å²) in [5.41, 5.74) is 1.22. The van der Waals surface area contributed by atoms with Gasteiger partial charge in [-0.25, -0.2) is 0 Å². The maximum Gasteiger partial charge on any atom is 0.307 e. The molecule has 9 heteroatoms. The van der Waals surface area contributed by atoms with Crippen LogP contribution in [0.25, 0.3) is 0 Å². The van der Waals surface area contributed by atoms with Crippen LogP contribution in [0.3, 0.4) is 0 Å². The fourth-order valence-corrected chi connectivity index (χ4v) is 4.39. The average molecular weight is 565 g/mol. The molecular formula is C23H19Br2NO6. The third-order valence-corrected chi connectivity index (χ3v) is 5.66.